The second-order valence-corrected chi connectivity index (χ2v) is 7.41. The predicted molar refractivity (Wildman–Crippen MR) is 104 cm³/mol. The van der Waals surface area contributed by atoms with Crippen molar-refractivity contribution in [1.82, 2.24) is 0 Å². The van der Waals surface area contributed by atoms with Crippen molar-refractivity contribution < 1.29 is 9.90 Å². The molecule has 0 amide bonds. The molecule has 0 aliphatic carbocycles. The van der Waals surface area contributed by atoms with Crippen LogP contribution in [-0.4, -0.2) is 11.1 Å². The van der Waals surface area contributed by atoms with Gasteiger partial charge in [0.25, 0.3) is 0 Å². The van der Waals surface area contributed by atoms with E-state index in [-0.39, 0.29) is 0 Å². The summed E-state index contributed by atoms with van der Waals surface area (Å²) in [5.41, 5.74) is 5.36. The van der Waals surface area contributed by atoms with E-state index < -0.39 is 5.97 Å². The van der Waals surface area contributed by atoms with Crippen LogP contribution in [0.3, 0.4) is 0 Å². The SMILES string of the molecule is Cc1cc(CCCCc2cccc(CCC(C)C)c2)ccc1C(=O)O. The van der Waals surface area contributed by atoms with Gasteiger partial charge in [0.15, 0.2) is 0 Å². The number of benzene rings is 2. The molecular formula is C23H30O2. The van der Waals surface area contributed by atoms with E-state index in [0.29, 0.717) is 5.56 Å². The number of carbonyl (C=O) groups is 1. The van der Waals surface area contributed by atoms with Crippen LogP contribution in [0, 0.1) is 12.8 Å². The Morgan fingerprint density at radius 1 is 0.920 bits per heavy atom. The lowest BCUT2D eigenvalue weighted by molar-refractivity contribution is 0.0696. The summed E-state index contributed by atoms with van der Waals surface area (Å²) < 4.78 is 0. The molecule has 0 bridgehead atoms. The van der Waals surface area contributed by atoms with Crippen LogP contribution in [0.25, 0.3) is 0 Å². The lowest BCUT2D eigenvalue weighted by Gasteiger charge is -2.08. The molecule has 0 saturated carbocycles. The van der Waals surface area contributed by atoms with Crippen molar-refractivity contribution in [2.24, 2.45) is 5.92 Å². The maximum absolute atomic E-state index is 11.1. The highest BCUT2D eigenvalue weighted by atomic mass is 16.4. The fraction of sp³-hybridized carbons (Fsp3) is 0.435. The van der Waals surface area contributed by atoms with E-state index in [2.05, 4.69) is 38.1 Å². The Bertz CT molecular complexity index is 701. The summed E-state index contributed by atoms with van der Waals surface area (Å²) in [5, 5.41) is 9.09. The van der Waals surface area contributed by atoms with Crippen molar-refractivity contribution in [1.29, 1.82) is 0 Å². The molecule has 25 heavy (non-hydrogen) atoms. The molecule has 0 atom stereocenters. The van der Waals surface area contributed by atoms with Crippen LogP contribution in [0.2, 0.25) is 0 Å². The number of carboxylic acid groups (broad SMARTS) is 1. The van der Waals surface area contributed by atoms with Gasteiger partial charge in [-0.05, 0) is 79.7 Å². The van der Waals surface area contributed by atoms with Crippen molar-refractivity contribution in [3.63, 3.8) is 0 Å². The smallest absolute Gasteiger partial charge is 0.335 e. The normalized spacial score (nSPS) is 11.0. The largest absolute Gasteiger partial charge is 0.478 e. The zero-order valence-electron chi connectivity index (χ0n) is 15.7. The third-order valence-electron chi connectivity index (χ3n) is 4.70. The topological polar surface area (TPSA) is 37.3 Å². The van der Waals surface area contributed by atoms with Gasteiger partial charge < -0.3 is 5.11 Å². The molecule has 0 radical (unpaired) electrons. The van der Waals surface area contributed by atoms with Crippen LogP contribution in [0.4, 0.5) is 0 Å². The molecule has 0 spiro atoms. The van der Waals surface area contributed by atoms with Gasteiger partial charge in [0.05, 0.1) is 5.56 Å². The van der Waals surface area contributed by atoms with Gasteiger partial charge in [0, 0.05) is 0 Å². The molecule has 2 nitrogen and oxygen atoms in total. The fourth-order valence-corrected chi connectivity index (χ4v) is 3.18. The first-order valence-corrected chi connectivity index (χ1v) is 9.36. The highest BCUT2D eigenvalue weighted by Crippen LogP contribution is 2.16. The van der Waals surface area contributed by atoms with Gasteiger partial charge in [0.2, 0.25) is 0 Å². The average Bonchev–Trinajstić information content (AvgIpc) is 2.57. The number of carboxylic acids is 1. The number of unbranched alkanes of at least 4 members (excludes halogenated alkanes) is 1. The molecule has 2 aromatic rings. The molecule has 0 fully saturated rings. The highest BCUT2D eigenvalue weighted by molar-refractivity contribution is 5.89. The van der Waals surface area contributed by atoms with E-state index in [0.717, 1.165) is 37.2 Å². The molecule has 2 rings (SSSR count). The second-order valence-electron chi connectivity index (χ2n) is 7.41. The van der Waals surface area contributed by atoms with Gasteiger partial charge in [-0.1, -0.05) is 50.2 Å². The minimum absolute atomic E-state index is 0.405. The zero-order valence-corrected chi connectivity index (χ0v) is 15.7. The van der Waals surface area contributed by atoms with Crippen molar-refractivity contribution in [2.45, 2.75) is 59.3 Å². The maximum Gasteiger partial charge on any atom is 0.335 e. The number of aromatic carboxylic acids is 1. The Kier molecular flexibility index (Phi) is 7.24. The fourth-order valence-electron chi connectivity index (χ4n) is 3.18. The van der Waals surface area contributed by atoms with E-state index in [1.165, 1.54) is 29.5 Å². The van der Waals surface area contributed by atoms with E-state index in [1.807, 2.05) is 19.1 Å². The molecule has 2 aromatic carbocycles. The summed E-state index contributed by atoms with van der Waals surface area (Å²) >= 11 is 0. The van der Waals surface area contributed by atoms with Crippen molar-refractivity contribution in [3.8, 4) is 0 Å². The molecule has 0 aliphatic heterocycles. The first-order chi connectivity index (χ1) is 12.0. The minimum Gasteiger partial charge on any atom is -0.478 e. The summed E-state index contributed by atoms with van der Waals surface area (Å²) in [5.74, 6) is -0.0963. The summed E-state index contributed by atoms with van der Waals surface area (Å²) in [6.07, 6.45) is 6.82. The summed E-state index contributed by atoms with van der Waals surface area (Å²) in [4.78, 5) is 11.1. The van der Waals surface area contributed by atoms with Gasteiger partial charge in [0.1, 0.15) is 0 Å². The monoisotopic (exact) mass is 338 g/mol. The molecule has 0 unspecified atom stereocenters. The minimum atomic E-state index is -0.846. The Hall–Kier alpha value is -2.09. The third-order valence-corrected chi connectivity index (χ3v) is 4.70. The van der Waals surface area contributed by atoms with Gasteiger partial charge >= 0.3 is 5.97 Å². The van der Waals surface area contributed by atoms with Crippen LogP contribution < -0.4 is 0 Å². The van der Waals surface area contributed by atoms with Gasteiger partial charge in [-0.15, -0.1) is 0 Å². The molecular weight excluding hydrogens is 308 g/mol. The summed E-state index contributed by atoms with van der Waals surface area (Å²) in [6.45, 7) is 6.42. The van der Waals surface area contributed by atoms with Crippen LogP contribution in [0.1, 0.15) is 65.7 Å². The van der Waals surface area contributed by atoms with Crippen LogP contribution >= 0.6 is 0 Å². The van der Waals surface area contributed by atoms with Crippen LogP contribution in [-0.2, 0) is 19.3 Å². The van der Waals surface area contributed by atoms with Crippen molar-refractivity contribution in [2.75, 3.05) is 0 Å². The lowest BCUT2D eigenvalue weighted by atomic mass is 9.98. The first kappa shape index (κ1) is 19.2. The third kappa shape index (κ3) is 6.38. The van der Waals surface area contributed by atoms with Crippen molar-refractivity contribution in [3.05, 3.63) is 70.3 Å². The Morgan fingerprint density at radius 2 is 1.52 bits per heavy atom. The second kappa shape index (κ2) is 9.41. The number of hydrogen-bond donors (Lipinski definition) is 1. The molecule has 0 heterocycles. The lowest BCUT2D eigenvalue weighted by Crippen LogP contribution is -2.00. The quantitative estimate of drug-likeness (QED) is 0.583. The van der Waals surface area contributed by atoms with Gasteiger partial charge in [-0.2, -0.15) is 0 Å². The van der Waals surface area contributed by atoms with Crippen molar-refractivity contribution >= 4 is 5.97 Å². The molecule has 1 N–H and O–H groups in total. The molecule has 0 saturated heterocycles. The predicted octanol–water partition coefficient (Wildman–Crippen LogP) is 5.85. The molecule has 2 heteroatoms. The Labute approximate surface area is 151 Å². The first-order valence-electron chi connectivity index (χ1n) is 9.36. The average molecular weight is 338 g/mol. The zero-order chi connectivity index (χ0) is 18.2. The maximum atomic E-state index is 11.1. The standard InChI is InChI=1S/C23H30O2/c1-17(2)11-12-21-10-6-9-19(16-21)7-4-5-8-20-13-14-22(23(24)25)18(3)15-20/h6,9-10,13-17H,4-5,7-8,11-12H2,1-3H3,(H,24,25). The van der Waals surface area contributed by atoms with Gasteiger partial charge in [-0.3, -0.25) is 0 Å². The molecule has 0 aromatic heterocycles. The van der Waals surface area contributed by atoms with E-state index in [9.17, 15) is 4.79 Å². The number of hydrogen-bond acceptors (Lipinski definition) is 1. The Balaban J connectivity index is 1.80. The van der Waals surface area contributed by atoms with E-state index in [1.54, 1.807) is 6.07 Å². The van der Waals surface area contributed by atoms with Crippen LogP contribution in [0.5, 0.6) is 0 Å². The van der Waals surface area contributed by atoms with Crippen LogP contribution in [0.15, 0.2) is 42.5 Å². The summed E-state index contributed by atoms with van der Waals surface area (Å²) in [7, 11) is 0. The highest BCUT2D eigenvalue weighted by Gasteiger charge is 2.07. The van der Waals surface area contributed by atoms with E-state index >= 15 is 0 Å². The number of rotatable bonds is 9. The van der Waals surface area contributed by atoms with Gasteiger partial charge in [-0.25, -0.2) is 4.79 Å². The number of aryl methyl sites for hydroxylation is 4. The Morgan fingerprint density at radius 3 is 2.08 bits per heavy atom. The van der Waals surface area contributed by atoms with E-state index in [4.69, 9.17) is 5.11 Å². The molecule has 0 aliphatic rings. The summed E-state index contributed by atoms with van der Waals surface area (Å²) in [6, 6.07) is 14.7. The molecule has 134 valence electrons.